The van der Waals surface area contributed by atoms with E-state index < -0.39 is 39.4 Å². The van der Waals surface area contributed by atoms with Crippen LogP contribution in [-0.4, -0.2) is 67.6 Å². The highest BCUT2D eigenvalue weighted by Crippen LogP contribution is 2.71. The third-order valence-electron chi connectivity index (χ3n) is 9.26. The number of likely N-dealkylation sites (tertiary alicyclic amines) is 1. The van der Waals surface area contributed by atoms with Crippen molar-refractivity contribution in [2.24, 2.45) is 11.8 Å². The number of hydrogen-bond donors (Lipinski definition) is 2. The number of aliphatic hydroxyl groups is 1. The van der Waals surface area contributed by atoms with E-state index in [1.807, 2.05) is 79.7 Å². The molecule has 41 heavy (non-hydrogen) atoms. The molecule has 6 atom stereocenters. The Hall–Kier alpha value is -3.62. The zero-order valence-corrected chi connectivity index (χ0v) is 23.8. The number of aliphatic hydroxyl groups excluding tert-OH is 1. The maximum absolute atomic E-state index is 14.8. The zero-order chi connectivity index (χ0) is 28.9. The van der Waals surface area contributed by atoms with Gasteiger partial charge in [0, 0.05) is 17.0 Å². The summed E-state index contributed by atoms with van der Waals surface area (Å²) in [5.41, 5.74) is 1.61. The van der Waals surface area contributed by atoms with Gasteiger partial charge < -0.3 is 20.0 Å². The molecule has 0 saturated carbocycles. The van der Waals surface area contributed by atoms with Gasteiger partial charge in [-0.25, -0.2) is 0 Å². The molecule has 6 rings (SSSR count). The number of benzene rings is 3. The van der Waals surface area contributed by atoms with Crippen molar-refractivity contribution in [2.45, 2.75) is 47.8 Å². The highest BCUT2D eigenvalue weighted by Gasteiger charge is 2.78. The molecule has 2 amide bonds. The third kappa shape index (κ3) is 4.27. The molecule has 2 bridgehead atoms. The SMILES string of the molecule is C=CCN(C(=O)C1N([C@@H](CO)Cc2ccccc2)C(=O)[C@@H]2[C@@H](C(=O)O)[C@@]3(C)CCC12S3)c1ccc2ccccc2c1. The first kappa shape index (κ1) is 27.5. The topological polar surface area (TPSA) is 98.2 Å². The average molecular weight is 571 g/mol. The number of amides is 2. The summed E-state index contributed by atoms with van der Waals surface area (Å²) in [7, 11) is 0. The number of fused-ring (bicyclic) bond motifs is 2. The minimum atomic E-state index is -1.01. The summed E-state index contributed by atoms with van der Waals surface area (Å²) in [5, 5.41) is 23.0. The molecule has 2 unspecified atom stereocenters. The molecule has 8 heteroatoms. The normalized spacial score (nSPS) is 29.0. The van der Waals surface area contributed by atoms with Crippen LogP contribution >= 0.6 is 11.8 Å². The van der Waals surface area contributed by atoms with Crippen LogP contribution in [0, 0.1) is 11.8 Å². The molecule has 3 heterocycles. The van der Waals surface area contributed by atoms with Crippen LogP contribution in [0.4, 0.5) is 5.69 Å². The first-order valence-corrected chi connectivity index (χ1v) is 14.9. The number of hydrogen-bond acceptors (Lipinski definition) is 5. The maximum atomic E-state index is 14.8. The first-order chi connectivity index (χ1) is 19.7. The number of thioether (sulfide) groups is 1. The quantitative estimate of drug-likeness (QED) is 0.367. The van der Waals surface area contributed by atoms with E-state index in [4.69, 9.17) is 0 Å². The smallest absolute Gasteiger partial charge is 0.308 e. The van der Waals surface area contributed by atoms with Gasteiger partial charge in [0.25, 0.3) is 5.91 Å². The average Bonchev–Trinajstić information content (AvgIpc) is 3.55. The van der Waals surface area contributed by atoms with Gasteiger partial charge in [-0.05, 0) is 54.7 Å². The molecule has 7 nitrogen and oxygen atoms in total. The van der Waals surface area contributed by atoms with Crippen molar-refractivity contribution in [1.29, 1.82) is 0 Å². The number of carboxylic acids is 1. The van der Waals surface area contributed by atoms with E-state index in [0.717, 1.165) is 16.3 Å². The summed E-state index contributed by atoms with van der Waals surface area (Å²) >= 11 is 1.50. The lowest BCUT2D eigenvalue weighted by atomic mass is 9.66. The van der Waals surface area contributed by atoms with E-state index in [1.165, 1.54) is 11.8 Å². The van der Waals surface area contributed by atoms with Gasteiger partial charge in [0.05, 0.1) is 29.2 Å². The van der Waals surface area contributed by atoms with Gasteiger partial charge in [-0.15, -0.1) is 18.3 Å². The third-order valence-corrected chi connectivity index (χ3v) is 11.2. The van der Waals surface area contributed by atoms with E-state index >= 15 is 0 Å². The Balaban J connectivity index is 1.47. The van der Waals surface area contributed by atoms with Crippen LogP contribution in [-0.2, 0) is 20.8 Å². The second-order valence-corrected chi connectivity index (χ2v) is 13.5. The molecule has 3 aliphatic heterocycles. The molecule has 3 saturated heterocycles. The predicted octanol–water partition coefficient (Wildman–Crippen LogP) is 4.53. The summed E-state index contributed by atoms with van der Waals surface area (Å²) in [6, 6.07) is 21.7. The highest BCUT2D eigenvalue weighted by atomic mass is 32.2. The number of aliphatic carboxylic acids is 1. The van der Waals surface area contributed by atoms with Crippen molar-refractivity contribution < 1.29 is 24.6 Å². The molecule has 3 aromatic rings. The lowest BCUT2D eigenvalue weighted by molar-refractivity contribution is -0.150. The number of anilines is 1. The highest BCUT2D eigenvalue weighted by molar-refractivity contribution is 8.02. The monoisotopic (exact) mass is 570 g/mol. The van der Waals surface area contributed by atoms with Crippen LogP contribution in [0.3, 0.4) is 0 Å². The lowest BCUT2D eigenvalue weighted by Gasteiger charge is -2.39. The van der Waals surface area contributed by atoms with E-state index in [2.05, 4.69) is 6.58 Å². The van der Waals surface area contributed by atoms with E-state index in [0.29, 0.717) is 24.9 Å². The minimum absolute atomic E-state index is 0.225. The van der Waals surface area contributed by atoms with E-state index in [-0.39, 0.29) is 25.0 Å². The molecule has 2 N–H and O–H groups in total. The van der Waals surface area contributed by atoms with Gasteiger partial charge >= 0.3 is 5.97 Å². The fraction of sp³-hybridized carbons (Fsp3) is 0.364. The van der Waals surface area contributed by atoms with Gasteiger partial charge in [-0.1, -0.05) is 66.7 Å². The Bertz CT molecular complexity index is 1530. The van der Waals surface area contributed by atoms with Crippen LogP contribution in [0.1, 0.15) is 25.3 Å². The summed E-state index contributed by atoms with van der Waals surface area (Å²) in [6.45, 7) is 5.70. The van der Waals surface area contributed by atoms with Crippen LogP contribution in [0.25, 0.3) is 10.8 Å². The Labute approximate surface area is 243 Å². The Morgan fingerprint density at radius 1 is 1.10 bits per heavy atom. The summed E-state index contributed by atoms with van der Waals surface area (Å²) in [4.78, 5) is 45.1. The van der Waals surface area contributed by atoms with Crippen molar-refractivity contribution in [2.75, 3.05) is 18.1 Å². The van der Waals surface area contributed by atoms with Gasteiger partial charge in [-0.3, -0.25) is 14.4 Å². The number of nitrogens with zero attached hydrogens (tertiary/aromatic N) is 2. The van der Waals surface area contributed by atoms with Gasteiger partial charge in [-0.2, -0.15) is 0 Å². The van der Waals surface area contributed by atoms with Gasteiger partial charge in [0.2, 0.25) is 5.91 Å². The van der Waals surface area contributed by atoms with Crippen molar-refractivity contribution in [3.63, 3.8) is 0 Å². The van der Waals surface area contributed by atoms with Crippen LogP contribution in [0.15, 0.2) is 85.5 Å². The fourth-order valence-corrected chi connectivity index (χ4v) is 9.82. The van der Waals surface area contributed by atoms with Crippen molar-refractivity contribution in [3.05, 3.63) is 91.0 Å². The molecular formula is C33H34N2O5S. The second-order valence-electron chi connectivity index (χ2n) is 11.6. The number of carboxylic acid groups (broad SMARTS) is 1. The Morgan fingerprint density at radius 3 is 2.49 bits per heavy atom. The number of carbonyl (C=O) groups is 3. The number of carbonyl (C=O) groups excluding carboxylic acids is 2. The van der Waals surface area contributed by atoms with Crippen molar-refractivity contribution in [3.8, 4) is 0 Å². The van der Waals surface area contributed by atoms with Gasteiger partial charge in [0.1, 0.15) is 6.04 Å². The molecule has 3 aliphatic rings. The fourth-order valence-electron chi connectivity index (χ4n) is 7.49. The van der Waals surface area contributed by atoms with Crippen molar-refractivity contribution >= 4 is 46.0 Å². The van der Waals surface area contributed by atoms with Crippen LogP contribution in [0.2, 0.25) is 0 Å². The number of rotatable bonds is 9. The van der Waals surface area contributed by atoms with Gasteiger partial charge in [0.15, 0.2) is 0 Å². The first-order valence-electron chi connectivity index (χ1n) is 14.0. The van der Waals surface area contributed by atoms with Crippen LogP contribution in [0.5, 0.6) is 0 Å². The molecule has 0 radical (unpaired) electrons. The lowest BCUT2D eigenvalue weighted by Crippen LogP contribution is -2.58. The summed E-state index contributed by atoms with van der Waals surface area (Å²) in [6.07, 6.45) is 3.19. The molecule has 3 aromatic carbocycles. The summed E-state index contributed by atoms with van der Waals surface area (Å²) < 4.78 is -1.54. The maximum Gasteiger partial charge on any atom is 0.308 e. The second kappa shape index (κ2) is 10.3. The standard InChI is InChI=1S/C33H34N2O5S/c1-3-17-34(24-14-13-22-11-7-8-12-23(22)19-24)30(38)28-33-16-15-32(2,41-33)27(31(39)40)26(33)29(37)35(28)25(20-36)18-21-9-5-4-6-10-21/h3-14,19,25-28,36H,1,15-18,20H2,2H3,(H,39,40)/t25-,26+,27+,28?,32-,33?/m1/s1. The zero-order valence-electron chi connectivity index (χ0n) is 23.0. The predicted molar refractivity (Wildman–Crippen MR) is 161 cm³/mol. The molecule has 0 aliphatic carbocycles. The van der Waals surface area contributed by atoms with E-state index in [9.17, 15) is 24.6 Å². The van der Waals surface area contributed by atoms with Crippen LogP contribution < -0.4 is 4.90 Å². The minimum Gasteiger partial charge on any atom is -0.481 e. The summed E-state index contributed by atoms with van der Waals surface area (Å²) in [5.74, 6) is -3.37. The largest absolute Gasteiger partial charge is 0.481 e. The molecular weight excluding hydrogens is 536 g/mol. The Morgan fingerprint density at radius 2 is 1.80 bits per heavy atom. The molecule has 212 valence electrons. The van der Waals surface area contributed by atoms with E-state index in [1.54, 1.807) is 15.9 Å². The van der Waals surface area contributed by atoms with Crippen molar-refractivity contribution in [1.82, 2.24) is 4.90 Å². The molecule has 0 aromatic heterocycles. The molecule has 3 fully saturated rings. The Kier molecular flexibility index (Phi) is 6.94. The molecule has 1 spiro atoms.